The Bertz CT molecular complexity index is 387. The molecule has 2 saturated heterocycles. The zero-order valence-corrected chi connectivity index (χ0v) is 11.3. The largest absolute Gasteiger partial charge is 0.312 e. The molecule has 4 heteroatoms. The van der Waals surface area contributed by atoms with Crippen molar-refractivity contribution in [1.82, 2.24) is 20.0 Å². The first-order valence-electron chi connectivity index (χ1n) is 7.29. The molecule has 0 saturated carbocycles. The number of nitrogens with one attached hydrogen (secondary N) is 1. The molecule has 3 heterocycles. The van der Waals surface area contributed by atoms with Gasteiger partial charge in [0.1, 0.15) is 0 Å². The average Bonchev–Trinajstić information content (AvgIpc) is 2.97. The van der Waals surface area contributed by atoms with Gasteiger partial charge < -0.3 is 5.32 Å². The van der Waals surface area contributed by atoms with Gasteiger partial charge in [-0.3, -0.25) is 9.58 Å². The topological polar surface area (TPSA) is 33.1 Å². The summed E-state index contributed by atoms with van der Waals surface area (Å²) in [5.41, 5.74) is 1.20. The van der Waals surface area contributed by atoms with E-state index in [0.29, 0.717) is 6.04 Å². The van der Waals surface area contributed by atoms with Gasteiger partial charge in [0, 0.05) is 44.8 Å². The van der Waals surface area contributed by atoms with Gasteiger partial charge >= 0.3 is 0 Å². The van der Waals surface area contributed by atoms with Crippen molar-refractivity contribution in [3.05, 3.63) is 18.0 Å². The van der Waals surface area contributed by atoms with E-state index in [2.05, 4.69) is 21.4 Å². The predicted octanol–water partition coefficient (Wildman–Crippen LogP) is 1.18. The van der Waals surface area contributed by atoms with Gasteiger partial charge in [0.25, 0.3) is 0 Å². The maximum absolute atomic E-state index is 4.42. The third-order valence-corrected chi connectivity index (χ3v) is 4.41. The van der Waals surface area contributed by atoms with E-state index in [9.17, 15) is 0 Å². The lowest BCUT2D eigenvalue weighted by molar-refractivity contribution is 0.181. The lowest BCUT2D eigenvalue weighted by Crippen LogP contribution is -2.45. The summed E-state index contributed by atoms with van der Waals surface area (Å²) < 4.78 is 1.88. The van der Waals surface area contributed by atoms with Crippen LogP contribution in [0.25, 0.3) is 0 Å². The lowest BCUT2D eigenvalue weighted by Gasteiger charge is -2.32. The first kappa shape index (κ1) is 12.2. The molecule has 2 fully saturated rings. The summed E-state index contributed by atoms with van der Waals surface area (Å²) in [4.78, 5) is 2.68. The minimum Gasteiger partial charge on any atom is -0.312 e. The molecule has 0 amide bonds. The van der Waals surface area contributed by atoms with Crippen molar-refractivity contribution in [2.75, 3.05) is 19.6 Å². The molecule has 18 heavy (non-hydrogen) atoms. The van der Waals surface area contributed by atoms with E-state index in [1.807, 2.05) is 17.9 Å². The highest BCUT2D eigenvalue weighted by atomic mass is 15.3. The van der Waals surface area contributed by atoms with Gasteiger partial charge in [-0.1, -0.05) is 6.42 Å². The first-order chi connectivity index (χ1) is 8.83. The van der Waals surface area contributed by atoms with Gasteiger partial charge in [-0.15, -0.1) is 0 Å². The molecule has 3 rings (SSSR count). The molecule has 0 bridgehead atoms. The smallest absolute Gasteiger partial charge is 0.0637 e. The highest BCUT2D eigenvalue weighted by molar-refractivity contribution is 5.00. The zero-order chi connectivity index (χ0) is 12.4. The molecule has 1 N–H and O–H groups in total. The molecule has 0 aliphatic carbocycles. The summed E-state index contributed by atoms with van der Waals surface area (Å²) in [6.45, 7) is 3.68. The molecule has 2 aliphatic rings. The normalized spacial score (nSPS) is 28.5. The average molecular weight is 248 g/mol. The second kappa shape index (κ2) is 5.41. The van der Waals surface area contributed by atoms with E-state index in [4.69, 9.17) is 0 Å². The Balaban J connectivity index is 1.46. The molecule has 1 aromatic heterocycles. The molecule has 0 spiro atoms. The first-order valence-corrected chi connectivity index (χ1v) is 7.29. The van der Waals surface area contributed by atoms with Gasteiger partial charge in [0.2, 0.25) is 0 Å². The molecular formula is C14H24N4. The van der Waals surface area contributed by atoms with Crippen LogP contribution in [-0.2, 0) is 13.5 Å². The van der Waals surface area contributed by atoms with E-state index in [1.165, 1.54) is 44.5 Å². The fourth-order valence-electron chi connectivity index (χ4n) is 3.47. The Morgan fingerprint density at radius 2 is 2.28 bits per heavy atom. The minimum absolute atomic E-state index is 0.717. The van der Waals surface area contributed by atoms with Crippen LogP contribution >= 0.6 is 0 Å². The maximum atomic E-state index is 4.42. The van der Waals surface area contributed by atoms with E-state index < -0.39 is 0 Å². The van der Waals surface area contributed by atoms with Crippen LogP contribution < -0.4 is 5.32 Å². The summed E-state index contributed by atoms with van der Waals surface area (Å²) in [7, 11) is 1.98. The summed E-state index contributed by atoms with van der Waals surface area (Å²) in [6, 6.07) is 3.64. The lowest BCUT2D eigenvalue weighted by atomic mass is 9.99. The summed E-state index contributed by atoms with van der Waals surface area (Å²) in [6.07, 6.45) is 8.60. The molecule has 2 aliphatic heterocycles. The fourth-order valence-corrected chi connectivity index (χ4v) is 3.47. The van der Waals surface area contributed by atoms with Crippen LogP contribution in [0.1, 0.15) is 31.4 Å². The second-order valence-electron chi connectivity index (χ2n) is 5.68. The van der Waals surface area contributed by atoms with Crippen molar-refractivity contribution >= 4 is 0 Å². The van der Waals surface area contributed by atoms with Gasteiger partial charge in [-0.2, -0.15) is 5.10 Å². The van der Waals surface area contributed by atoms with Crippen molar-refractivity contribution in [1.29, 1.82) is 0 Å². The Morgan fingerprint density at radius 3 is 3.11 bits per heavy atom. The minimum atomic E-state index is 0.717. The highest BCUT2D eigenvalue weighted by Crippen LogP contribution is 2.26. The predicted molar refractivity (Wildman–Crippen MR) is 72.5 cm³/mol. The highest BCUT2D eigenvalue weighted by Gasteiger charge is 2.34. The third-order valence-electron chi connectivity index (χ3n) is 4.41. The Kier molecular flexibility index (Phi) is 3.66. The molecule has 1 aromatic rings. The van der Waals surface area contributed by atoms with Crippen LogP contribution in [0.15, 0.2) is 12.3 Å². The van der Waals surface area contributed by atoms with Crippen molar-refractivity contribution in [3.63, 3.8) is 0 Å². The summed E-state index contributed by atoms with van der Waals surface area (Å²) in [5, 5.41) is 8.17. The summed E-state index contributed by atoms with van der Waals surface area (Å²) in [5.74, 6) is 0. The van der Waals surface area contributed by atoms with Crippen LogP contribution in [0.4, 0.5) is 0 Å². The molecule has 2 atom stereocenters. The monoisotopic (exact) mass is 248 g/mol. The van der Waals surface area contributed by atoms with E-state index in [0.717, 1.165) is 19.0 Å². The number of aryl methyl sites for hydroxylation is 1. The number of piperidine rings is 1. The summed E-state index contributed by atoms with van der Waals surface area (Å²) >= 11 is 0. The third kappa shape index (κ3) is 2.59. The number of aromatic nitrogens is 2. The van der Waals surface area contributed by atoms with E-state index in [1.54, 1.807) is 0 Å². The number of nitrogens with zero attached hydrogens (tertiary/aromatic N) is 3. The maximum Gasteiger partial charge on any atom is 0.0637 e. The molecule has 2 unspecified atom stereocenters. The van der Waals surface area contributed by atoms with Crippen molar-refractivity contribution < 1.29 is 0 Å². The van der Waals surface area contributed by atoms with Crippen molar-refractivity contribution in [2.24, 2.45) is 7.05 Å². The molecule has 0 radical (unpaired) electrons. The number of fused-ring (bicyclic) bond motifs is 1. The van der Waals surface area contributed by atoms with Crippen LogP contribution in [0.3, 0.4) is 0 Å². The Morgan fingerprint density at radius 1 is 1.33 bits per heavy atom. The van der Waals surface area contributed by atoms with Crippen LogP contribution in [-0.4, -0.2) is 46.4 Å². The molecular weight excluding hydrogens is 224 g/mol. The molecule has 0 aromatic carbocycles. The zero-order valence-electron chi connectivity index (χ0n) is 11.3. The van der Waals surface area contributed by atoms with Crippen molar-refractivity contribution in [3.8, 4) is 0 Å². The van der Waals surface area contributed by atoms with Gasteiger partial charge in [0.05, 0.1) is 5.69 Å². The van der Waals surface area contributed by atoms with Gasteiger partial charge in [0.15, 0.2) is 0 Å². The van der Waals surface area contributed by atoms with E-state index in [-0.39, 0.29) is 0 Å². The Labute approximate surface area is 109 Å². The number of rotatable bonds is 4. The van der Waals surface area contributed by atoms with Crippen molar-refractivity contribution in [2.45, 2.75) is 44.2 Å². The standard InChI is InChI=1S/C14H24N4/c1-17-10-6-12(16-17)5-8-15-13-7-11-18-9-3-2-4-14(13)18/h6,10,13-15H,2-5,7-9,11H2,1H3. The number of hydrogen-bond donors (Lipinski definition) is 1. The SMILES string of the molecule is Cn1ccc(CCNC2CCN3CCCCC23)n1. The van der Waals surface area contributed by atoms with Crippen LogP contribution in [0.2, 0.25) is 0 Å². The second-order valence-corrected chi connectivity index (χ2v) is 5.68. The fraction of sp³-hybridized carbons (Fsp3) is 0.786. The Hall–Kier alpha value is -0.870. The quantitative estimate of drug-likeness (QED) is 0.868. The van der Waals surface area contributed by atoms with Gasteiger partial charge in [-0.05, 0) is 31.9 Å². The van der Waals surface area contributed by atoms with Gasteiger partial charge in [-0.25, -0.2) is 0 Å². The van der Waals surface area contributed by atoms with E-state index >= 15 is 0 Å². The molecule has 100 valence electrons. The van der Waals surface area contributed by atoms with Crippen LogP contribution in [0, 0.1) is 0 Å². The number of hydrogen-bond acceptors (Lipinski definition) is 3. The van der Waals surface area contributed by atoms with Crippen LogP contribution in [0.5, 0.6) is 0 Å². The molecule has 4 nitrogen and oxygen atoms in total.